The zero-order valence-electron chi connectivity index (χ0n) is 12.0. The molecular weight excluding hydrogens is 343 g/mol. The molecule has 1 atom stereocenters. The molecule has 0 amide bonds. The first-order chi connectivity index (χ1) is 9.84. The van der Waals surface area contributed by atoms with Crippen LogP contribution in [-0.4, -0.2) is 31.1 Å². The molecule has 0 radical (unpaired) electrons. The molecule has 1 heterocycles. The summed E-state index contributed by atoms with van der Waals surface area (Å²) in [4.78, 5) is 1.99. The number of alkyl halides is 3. The van der Waals surface area contributed by atoms with E-state index in [2.05, 4.69) is 5.32 Å². The van der Waals surface area contributed by atoms with Crippen LogP contribution in [0.5, 0.6) is 0 Å². The van der Waals surface area contributed by atoms with Crippen LogP contribution in [0.25, 0.3) is 0 Å². The summed E-state index contributed by atoms with van der Waals surface area (Å²) < 4.78 is 52.9. The van der Waals surface area contributed by atoms with Crippen molar-refractivity contribution in [2.75, 3.05) is 26.2 Å². The molecular formula is C14H18Cl2F4N2. The Bertz CT molecular complexity index is 502. The van der Waals surface area contributed by atoms with Crippen molar-refractivity contribution >= 4 is 24.0 Å². The molecule has 0 unspecified atom stereocenters. The first kappa shape index (κ1) is 19.5. The van der Waals surface area contributed by atoms with Crippen molar-refractivity contribution in [3.8, 4) is 0 Å². The lowest BCUT2D eigenvalue weighted by Crippen LogP contribution is -2.45. The van der Waals surface area contributed by atoms with Crippen LogP contribution < -0.4 is 5.32 Å². The average molecular weight is 361 g/mol. The standard InChI is InChI=1S/C14H17ClF4N2.ClH/c1-2-12(21-5-3-20-4-6-21)10-7-9(14(17,18)19)8-11(15)13(10)16;/h7-8,12,20H,2-6H2,1H3;1H/t12-;/m0./s1. The van der Waals surface area contributed by atoms with Crippen LogP contribution in [0.4, 0.5) is 17.6 Å². The van der Waals surface area contributed by atoms with Crippen LogP contribution >= 0.6 is 24.0 Å². The maximum absolute atomic E-state index is 14.2. The molecule has 0 aromatic heterocycles. The number of benzene rings is 1. The third-order valence-corrected chi connectivity index (χ3v) is 4.00. The number of hydrogen-bond donors (Lipinski definition) is 1. The molecule has 0 saturated carbocycles. The highest BCUT2D eigenvalue weighted by Crippen LogP contribution is 2.37. The highest BCUT2D eigenvalue weighted by atomic mass is 35.5. The molecule has 1 fully saturated rings. The van der Waals surface area contributed by atoms with E-state index in [9.17, 15) is 17.6 Å². The van der Waals surface area contributed by atoms with Gasteiger partial charge in [0.05, 0.1) is 10.6 Å². The summed E-state index contributed by atoms with van der Waals surface area (Å²) in [6.45, 7) is 4.66. The predicted molar refractivity (Wildman–Crippen MR) is 81.1 cm³/mol. The smallest absolute Gasteiger partial charge is 0.314 e. The van der Waals surface area contributed by atoms with Crippen molar-refractivity contribution < 1.29 is 17.6 Å². The zero-order valence-corrected chi connectivity index (χ0v) is 13.6. The first-order valence-corrected chi connectivity index (χ1v) is 7.23. The Balaban J connectivity index is 0.00000242. The summed E-state index contributed by atoms with van der Waals surface area (Å²) in [6.07, 6.45) is -4.01. The molecule has 126 valence electrons. The number of nitrogens with zero attached hydrogens (tertiary/aromatic N) is 1. The Morgan fingerprint density at radius 2 is 1.86 bits per heavy atom. The van der Waals surface area contributed by atoms with Gasteiger partial charge in [0.2, 0.25) is 0 Å². The fourth-order valence-electron chi connectivity index (χ4n) is 2.69. The lowest BCUT2D eigenvalue weighted by Gasteiger charge is -2.35. The molecule has 2 nitrogen and oxygen atoms in total. The van der Waals surface area contributed by atoms with Gasteiger partial charge in [-0.2, -0.15) is 13.2 Å². The van der Waals surface area contributed by atoms with E-state index in [1.807, 2.05) is 11.8 Å². The number of piperazine rings is 1. The Morgan fingerprint density at radius 3 is 2.36 bits per heavy atom. The minimum Gasteiger partial charge on any atom is -0.314 e. The molecule has 1 aromatic rings. The summed E-state index contributed by atoms with van der Waals surface area (Å²) in [5, 5.41) is 2.69. The Kier molecular flexibility index (Phi) is 6.92. The van der Waals surface area contributed by atoms with E-state index in [1.54, 1.807) is 0 Å². The normalized spacial score (nSPS) is 17.9. The summed E-state index contributed by atoms with van der Waals surface area (Å²) in [5.74, 6) is -0.755. The molecule has 1 saturated heterocycles. The van der Waals surface area contributed by atoms with Gasteiger partial charge in [0, 0.05) is 37.8 Å². The Hall–Kier alpha value is -0.560. The van der Waals surface area contributed by atoms with Gasteiger partial charge in [-0.05, 0) is 18.6 Å². The van der Waals surface area contributed by atoms with Crippen molar-refractivity contribution in [1.82, 2.24) is 10.2 Å². The van der Waals surface area contributed by atoms with E-state index >= 15 is 0 Å². The second-order valence-corrected chi connectivity index (χ2v) is 5.48. The highest BCUT2D eigenvalue weighted by molar-refractivity contribution is 6.30. The monoisotopic (exact) mass is 360 g/mol. The number of rotatable bonds is 3. The maximum Gasteiger partial charge on any atom is 0.416 e. The van der Waals surface area contributed by atoms with Gasteiger partial charge in [-0.15, -0.1) is 12.4 Å². The molecule has 8 heteroatoms. The molecule has 22 heavy (non-hydrogen) atoms. The summed E-state index contributed by atoms with van der Waals surface area (Å²) in [7, 11) is 0. The van der Waals surface area contributed by atoms with Crippen LogP contribution in [0, 0.1) is 5.82 Å². The minimum atomic E-state index is -4.53. The number of nitrogens with one attached hydrogen (secondary N) is 1. The number of hydrogen-bond acceptors (Lipinski definition) is 2. The maximum atomic E-state index is 14.2. The molecule has 1 aliphatic rings. The summed E-state index contributed by atoms with van der Waals surface area (Å²) in [5.41, 5.74) is -0.878. The van der Waals surface area contributed by atoms with Gasteiger partial charge in [-0.1, -0.05) is 18.5 Å². The summed E-state index contributed by atoms with van der Waals surface area (Å²) in [6, 6.07) is 1.13. The molecule has 1 aromatic carbocycles. The SMILES string of the molecule is CC[C@@H](c1cc(C(F)(F)F)cc(Cl)c1F)N1CCNCC1.Cl. The quantitative estimate of drug-likeness (QED) is 0.809. The molecule has 2 rings (SSSR count). The van der Waals surface area contributed by atoms with Gasteiger partial charge < -0.3 is 5.32 Å². The number of halogens is 6. The second kappa shape index (κ2) is 7.81. The van der Waals surface area contributed by atoms with Gasteiger partial charge in [-0.3, -0.25) is 4.90 Å². The minimum absolute atomic E-state index is 0. The average Bonchev–Trinajstić information content (AvgIpc) is 2.44. The highest BCUT2D eigenvalue weighted by Gasteiger charge is 2.34. The predicted octanol–water partition coefficient (Wildman–Crippen LogP) is 4.28. The zero-order chi connectivity index (χ0) is 15.6. The lowest BCUT2D eigenvalue weighted by molar-refractivity contribution is -0.137. The van der Waals surface area contributed by atoms with Gasteiger partial charge in [0.1, 0.15) is 5.82 Å². The van der Waals surface area contributed by atoms with Crippen molar-refractivity contribution in [2.24, 2.45) is 0 Å². The first-order valence-electron chi connectivity index (χ1n) is 6.85. The third-order valence-electron chi connectivity index (χ3n) is 3.72. The molecule has 0 bridgehead atoms. The van der Waals surface area contributed by atoms with Gasteiger partial charge in [0.25, 0.3) is 0 Å². The second-order valence-electron chi connectivity index (χ2n) is 5.07. The van der Waals surface area contributed by atoms with E-state index in [-0.39, 0.29) is 18.0 Å². The van der Waals surface area contributed by atoms with Crippen molar-refractivity contribution in [3.05, 3.63) is 34.1 Å². The largest absolute Gasteiger partial charge is 0.416 e. The molecule has 1 N–H and O–H groups in total. The van der Waals surface area contributed by atoms with Crippen molar-refractivity contribution in [1.29, 1.82) is 0 Å². The molecule has 1 aliphatic heterocycles. The van der Waals surface area contributed by atoms with E-state index in [4.69, 9.17) is 11.6 Å². The molecule has 0 aliphatic carbocycles. The Morgan fingerprint density at radius 1 is 1.27 bits per heavy atom. The van der Waals surface area contributed by atoms with Gasteiger partial charge in [-0.25, -0.2) is 4.39 Å². The van der Waals surface area contributed by atoms with Crippen LogP contribution in [0.2, 0.25) is 5.02 Å². The third kappa shape index (κ3) is 4.25. The Labute approximate surface area is 138 Å². The van der Waals surface area contributed by atoms with Gasteiger partial charge in [0.15, 0.2) is 0 Å². The van der Waals surface area contributed by atoms with E-state index < -0.39 is 28.6 Å². The van der Waals surface area contributed by atoms with Crippen LogP contribution in [0.1, 0.15) is 30.5 Å². The van der Waals surface area contributed by atoms with E-state index in [0.717, 1.165) is 19.2 Å². The lowest BCUT2D eigenvalue weighted by atomic mass is 9.98. The summed E-state index contributed by atoms with van der Waals surface area (Å²) >= 11 is 5.66. The fourth-order valence-corrected chi connectivity index (χ4v) is 2.91. The van der Waals surface area contributed by atoms with Crippen LogP contribution in [-0.2, 0) is 6.18 Å². The van der Waals surface area contributed by atoms with Crippen LogP contribution in [0.3, 0.4) is 0 Å². The van der Waals surface area contributed by atoms with Crippen LogP contribution in [0.15, 0.2) is 12.1 Å². The van der Waals surface area contributed by atoms with Gasteiger partial charge >= 0.3 is 6.18 Å². The topological polar surface area (TPSA) is 15.3 Å². The van der Waals surface area contributed by atoms with Crippen molar-refractivity contribution in [3.63, 3.8) is 0 Å². The van der Waals surface area contributed by atoms with E-state index in [1.165, 1.54) is 0 Å². The van der Waals surface area contributed by atoms with Crippen molar-refractivity contribution in [2.45, 2.75) is 25.6 Å². The fraction of sp³-hybridized carbons (Fsp3) is 0.571. The molecule has 0 spiro atoms. The van der Waals surface area contributed by atoms with E-state index in [0.29, 0.717) is 25.6 Å².